The van der Waals surface area contributed by atoms with Crippen LogP contribution in [-0.4, -0.2) is 6.54 Å². The third kappa shape index (κ3) is 2.07. The van der Waals surface area contributed by atoms with Crippen LogP contribution in [0.3, 0.4) is 0 Å². The van der Waals surface area contributed by atoms with E-state index in [4.69, 9.17) is 5.73 Å². The van der Waals surface area contributed by atoms with Crippen LogP contribution >= 0.6 is 0 Å². The Morgan fingerprint density at radius 1 is 1.20 bits per heavy atom. The van der Waals surface area contributed by atoms with Gasteiger partial charge in [-0.15, -0.1) is 0 Å². The highest BCUT2D eigenvalue weighted by Gasteiger charge is 2.21. The Balaban J connectivity index is 2.29. The van der Waals surface area contributed by atoms with Gasteiger partial charge in [0.25, 0.3) is 0 Å². The minimum Gasteiger partial charge on any atom is -0.330 e. The van der Waals surface area contributed by atoms with Crippen molar-refractivity contribution in [1.29, 1.82) is 0 Å². The van der Waals surface area contributed by atoms with E-state index in [9.17, 15) is 0 Å². The molecule has 0 radical (unpaired) electrons. The van der Waals surface area contributed by atoms with Crippen molar-refractivity contribution < 1.29 is 0 Å². The standard InChI is InChI=1S/C14H21N/c1-14(2,8-9-15)13-7-6-11-4-3-5-12(11)10-13/h6-7,10H,3-5,8-9,15H2,1-2H3. The minimum absolute atomic E-state index is 0.229. The van der Waals surface area contributed by atoms with Gasteiger partial charge in [0, 0.05) is 0 Å². The van der Waals surface area contributed by atoms with E-state index < -0.39 is 0 Å². The number of nitrogens with two attached hydrogens (primary N) is 1. The SMILES string of the molecule is CC(C)(CCN)c1ccc2c(c1)CCC2. The molecule has 0 bridgehead atoms. The van der Waals surface area contributed by atoms with Crippen LogP contribution < -0.4 is 5.73 Å². The van der Waals surface area contributed by atoms with Crippen molar-refractivity contribution in [2.45, 2.75) is 44.9 Å². The number of aryl methyl sites for hydroxylation is 2. The second-order valence-corrected chi connectivity index (χ2v) is 5.26. The highest BCUT2D eigenvalue weighted by Crippen LogP contribution is 2.31. The Kier molecular flexibility index (Phi) is 2.83. The summed E-state index contributed by atoms with van der Waals surface area (Å²) >= 11 is 0. The summed E-state index contributed by atoms with van der Waals surface area (Å²) in [6, 6.07) is 7.01. The summed E-state index contributed by atoms with van der Waals surface area (Å²) in [5.74, 6) is 0. The van der Waals surface area contributed by atoms with Crippen molar-refractivity contribution in [2.75, 3.05) is 6.54 Å². The summed E-state index contributed by atoms with van der Waals surface area (Å²) in [4.78, 5) is 0. The predicted molar refractivity (Wildman–Crippen MR) is 65.2 cm³/mol. The van der Waals surface area contributed by atoms with Gasteiger partial charge in [0.15, 0.2) is 0 Å². The second-order valence-electron chi connectivity index (χ2n) is 5.26. The normalized spacial score (nSPS) is 15.4. The number of fused-ring (bicyclic) bond motifs is 1. The first-order chi connectivity index (χ1) is 7.13. The molecule has 0 atom stereocenters. The number of rotatable bonds is 3. The molecule has 0 saturated heterocycles. The summed E-state index contributed by atoms with van der Waals surface area (Å²) in [5.41, 5.74) is 10.5. The van der Waals surface area contributed by atoms with Crippen LogP contribution in [0.25, 0.3) is 0 Å². The molecule has 0 heterocycles. The van der Waals surface area contributed by atoms with Crippen LogP contribution in [0.5, 0.6) is 0 Å². The zero-order valence-electron chi connectivity index (χ0n) is 9.84. The van der Waals surface area contributed by atoms with Gasteiger partial charge < -0.3 is 5.73 Å². The molecule has 0 aliphatic heterocycles. The number of hydrogen-bond donors (Lipinski definition) is 1. The van der Waals surface area contributed by atoms with E-state index in [0.29, 0.717) is 0 Å². The Labute approximate surface area is 92.7 Å². The lowest BCUT2D eigenvalue weighted by Gasteiger charge is -2.25. The zero-order valence-corrected chi connectivity index (χ0v) is 9.84. The van der Waals surface area contributed by atoms with E-state index >= 15 is 0 Å². The summed E-state index contributed by atoms with van der Waals surface area (Å²) in [6.45, 7) is 5.34. The van der Waals surface area contributed by atoms with Crippen molar-refractivity contribution in [1.82, 2.24) is 0 Å². The first-order valence-corrected chi connectivity index (χ1v) is 5.96. The van der Waals surface area contributed by atoms with E-state index in [2.05, 4.69) is 32.0 Å². The number of hydrogen-bond acceptors (Lipinski definition) is 1. The molecule has 0 spiro atoms. The van der Waals surface area contributed by atoms with E-state index in [0.717, 1.165) is 13.0 Å². The third-order valence-electron chi connectivity index (χ3n) is 3.65. The minimum atomic E-state index is 0.229. The Morgan fingerprint density at radius 3 is 2.67 bits per heavy atom. The maximum absolute atomic E-state index is 5.66. The molecule has 0 aromatic heterocycles. The summed E-state index contributed by atoms with van der Waals surface area (Å²) in [6.07, 6.45) is 4.93. The predicted octanol–water partition coefficient (Wildman–Crippen LogP) is 2.80. The van der Waals surface area contributed by atoms with Gasteiger partial charge in [-0.3, -0.25) is 0 Å². The van der Waals surface area contributed by atoms with Crippen molar-refractivity contribution in [2.24, 2.45) is 5.73 Å². The smallest absolute Gasteiger partial charge is 0.00690 e. The molecule has 1 aliphatic rings. The average Bonchev–Trinajstić information content (AvgIpc) is 2.63. The molecular formula is C14H21N. The second kappa shape index (κ2) is 3.97. The molecule has 15 heavy (non-hydrogen) atoms. The van der Waals surface area contributed by atoms with E-state index in [1.807, 2.05) is 0 Å². The summed E-state index contributed by atoms with van der Waals surface area (Å²) in [7, 11) is 0. The van der Waals surface area contributed by atoms with Crippen molar-refractivity contribution in [3.8, 4) is 0 Å². The highest BCUT2D eigenvalue weighted by atomic mass is 14.5. The molecule has 0 unspecified atom stereocenters. The topological polar surface area (TPSA) is 26.0 Å². The maximum atomic E-state index is 5.66. The fraction of sp³-hybridized carbons (Fsp3) is 0.571. The molecule has 1 aromatic rings. The van der Waals surface area contributed by atoms with Crippen LogP contribution in [0.2, 0.25) is 0 Å². The van der Waals surface area contributed by atoms with Crippen molar-refractivity contribution in [3.05, 3.63) is 34.9 Å². The largest absolute Gasteiger partial charge is 0.330 e. The lowest BCUT2D eigenvalue weighted by molar-refractivity contribution is 0.487. The van der Waals surface area contributed by atoms with Gasteiger partial charge in [0.2, 0.25) is 0 Å². The molecule has 0 saturated carbocycles. The third-order valence-corrected chi connectivity index (χ3v) is 3.65. The summed E-state index contributed by atoms with van der Waals surface area (Å²) in [5, 5.41) is 0. The molecule has 82 valence electrons. The van der Waals surface area contributed by atoms with Gasteiger partial charge in [-0.25, -0.2) is 0 Å². The van der Waals surface area contributed by atoms with Gasteiger partial charge in [-0.2, -0.15) is 0 Å². The molecule has 1 aromatic carbocycles. The van der Waals surface area contributed by atoms with Crippen LogP contribution in [-0.2, 0) is 18.3 Å². The molecule has 2 N–H and O–H groups in total. The van der Waals surface area contributed by atoms with Crippen LogP contribution in [0.4, 0.5) is 0 Å². The molecule has 1 aliphatic carbocycles. The molecule has 2 rings (SSSR count). The molecule has 0 amide bonds. The lowest BCUT2D eigenvalue weighted by atomic mass is 9.80. The Hall–Kier alpha value is -0.820. The zero-order chi connectivity index (χ0) is 10.9. The average molecular weight is 203 g/mol. The fourth-order valence-electron chi connectivity index (χ4n) is 2.50. The van der Waals surface area contributed by atoms with Crippen LogP contribution in [0, 0.1) is 0 Å². The monoisotopic (exact) mass is 203 g/mol. The van der Waals surface area contributed by atoms with E-state index in [-0.39, 0.29) is 5.41 Å². The van der Waals surface area contributed by atoms with Gasteiger partial charge in [0.05, 0.1) is 0 Å². The first-order valence-electron chi connectivity index (χ1n) is 5.96. The summed E-state index contributed by atoms with van der Waals surface area (Å²) < 4.78 is 0. The van der Waals surface area contributed by atoms with Gasteiger partial charge in [-0.05, 0) is 54.3 Å². The Morgan fingerprint density at radius 2 is 1.93 bits per heavy atom. The Bertz CT molecular complexity index is 352. The van der Waals surface area contributed by atoms with Crippen LogP contribution in [0.1, 0.15) is 43.4 Å². The quantitative estimate of drug-likeness (QED) is 0.803. The van der Waals surface area contributed by atoms with Crippen molar-refractivity contribution in [3.63, 3.8) is 0 Å². The van der Waals surface area contributed by atoms with Gasteiger partial charge in [-0.1, -0.05) is 32.0 Å². The fourth-order valence-corrected chi connectivity index (χ4v) is 2.50. The molecule has 1 heteroatoms. The molecule has 1 nitrogen and oxygen atoms in total. The van der Waals surface area contributed by atoms with Gasteiger partial charge in [0.1, 0.15) is 0 Å². The molecule has 0 fully saturated rings. The first kappa shape index (κ1) is 10.7. The lowest BCUT2D eigenvalue weighted by Crippen LogP contribution is -2.21. The van der Waals surface area contributed by atoms with Crippen molar-refractivity contribution >= 4 is 0 Å². The van der Waals surface area contributed by atoms with Crippen LogP contribution in [0.15, 0.2) is 18.2 Å². The molecular weight excluding hydrogens is 182 g/mol. The van der Waals surface area contributed by atoms with E-state index in [1.165, 1.54) is 24.8 Å². The highest BCUT2D eigenvalue weighted by molar-refractivity contribution is 5.38. The number of benzene rings is 1. The van der Waals surface area contributed by atoms with E-state index in [1.54, 1.807) is 11.1 Å². The van der Waals surface area contributed by atoms with Gasteiger partial charge >= 0.3 is 0 Å². The maximum Gasteiger partial charge on any atom is -0.00690 e.